The molecule has 0 bridgehead atoms. The van der Waals surface area contributed by atoms with Gasteiger partial charge in [-0.3, -0.25) is 0 Å². The fourth-order valence-corrected chi connectivity index (χ4v) is 2.31. The third-order valence-corrected chi connectivity index (χ3v) is 3.42. The van der Waals surface area contributed by atoms with E-state index in [1.54, 1.807) is 0 Å². The molecular weight excluding hydrogens is 184 g/mol. The molecule has 90 valence electrons. The summed E-state index contributed by atoms with van der Waals surface area (Å²) in [6.45, 7) is 14.3. The molecule has 0 aromatic rings. The SMILES string of the molecule is CCCNC(CN1CCC(C)C1)C(C)C. The van der Waals surface area contributed by atoms with Gasteiger partial charge in [0.05, 0.1) is 0 Å². The molecule has 1 aliphatic heterocycles. The molecule has 0 radical (unpaired) electrons. The minimum absolute atomic E-state index is 0.676. The van der Waals surface area contributed by atoms with Crippen molar-refractivity contribution in [1.82, 2.24) is 10.2 Å². The third-order valence-electron chi connectivity index (χ3n) is 3.42. The van der Waals surface area contributed by atoms with Gasteiger partial charge in [-0.2, -0.15) is 0 Å². The van der Waals surface area contributed by atoms with Crippen LogP contribution in [-0.4, -0.2) is 37.1 Å². The fourth-order valence-electron chi connectivity index (χ4n) is 2.31. The van der Waals surface area contributed by atoms with Gasteiger partial charge in [0, 0.05) is 19.1 Å². The molecular formula is C13H28N2. The van der Waals surface area contributed by atoms with Gasteiger partial charge in [0.25, 0.3) is 0 Å². The van der Waals surface area contributed by atoms with Gasteiger partial charge in [-0.25, -0.2) is 0 Å². The van der Waals surface area contributed by atoms with Crippen LogP contribution >= 0.6 is 0 Å². The molecule has 0 aromatic heterocycles. The fraction of sp³-hybridized carbons (Fsp3) is 1.00. The van der Waals surface area contributed by atoms with E-state index in [0.29, 0.717) is 6.04 Å². The maximum atomic E-state index is 3.67. The zero-order valence-electron chi connectivity index (χ0n) is 10.9. The standard InChI is InChI=1S/C13H28N2/c1-5-7-14-13(11(2)3)10-15-8-6-12(4)9-15/h11-14H,5-10H2,1-4H3. The molecule has 15 heavy (non-hydrogen) atoms. The van der Waals surface area contributed by atoms with Gasteiger partial charge >= 0.3 is 0 Å². The van der Waals surface area contributed by atoms with Gasteiger partial charge < -0.3 is 10.2 Å². The molecule has 1 aliphatic rings. The van der Waals surface area contributed by atoms with Crippen LogP contribution in [0, 0.1) is 11.8 Å². The van der Waals surface area contributed by atoms with Crippen LogP contribution in [0.25, 0.3) is 0 Å². The number of likely N-dealkylation sites (tertiary alicyclic amines) is 1. The summed E-state index contributed by atoms with van der Waals surface area (Å²) in [5.74, 6) is 1.65. The smallest absolute Gasteiger partial charge is 0.0217 e. The van der Waals surface area contributed by atoms with Crippen molar-refractivity contribution in [3.8, 4) is 0 Å². The zero-order chi connectivity index (χ0) is 11.3. The first-order valence-electron chi connectivity index (χ1n) is 6.59. The summed E-state index contributed by atoms with van der Waals surface area (Å²) in [5, 5.41) is 3.67. The van der Waals surface area contributed by atoms with Crippen molar-refractivity contribution in [3.05, 3.63) is 0 Å². The highest BCUT2D eigenvalue weighted by Gasteiger charge is 2.22. The van der Waals surface area contributed by atoms with Gasteiger partial charge in [-0.1, -0.05) is 27.7 Å². The van der Waals surface area contributed by atoms with E-state index in [2.05, 4.69) is 37.9 Å². The Hall–Kier alpha value is -0.0800. The lowest BCUT2D eigenvalue weighted by molar-refractivity contribution is 0.250. The largest absolute Gasteiger partial charge is 0.312 e. The average molecular weight is 212 g/mol. The maximum Gasteiger partial charge on any atom is 0.0217 e. The monoisotopic (exact) mass is 212 g/mol. The minimum atomic E-state index is 0.676. The van der Waals surface area contributed by atoms with E-state index in [9.17, 15) is 0 Å². The summed E-state index contributed by atoms with van der Waals surface area (Å²) < 4.78 is 0. The summed E-state index contributed by atoms with van der Waals surface area (Å²) in [5.41, 5.74) is 0. The normalized spacial score (nSPS) is 25.0. The first kappa shape index (κ1) is 13.0. The van der Waals surface area contributed by atoms with Gasteiger partial charge in [-0.15, -0.1) is 0 Å². The molecule has 0 spiro atoms. The van der Waals surface area contributed by atoms with Crippen LogP contribution in [0.5, 0.6) is 0 Å². The average Bonchev–Trinajstić information content (AvgIpc) is 2.58. The zero-order valence-corrected chi connectivity index (χ0v) is 10.9. The van der Waals surface area contributed by atoms with Gasteiger partial charge in [-0.05, 0) is 37.8 Å². The molecule has 1 heterocycles. The van der Waals surface area contributed by atoms with E-state index in [4.69, 9.17) is 0 Å². The molecule has 1 fully saturated rings. The molecule has 1 rings (SSSR count). The molecule has 2 atom stereocenters. The van der Waals surface area contributed by atoms with Crippen molar-refractivity contribution in [2.75, 3.05) is 26.2 Å². The first-order chi connectivity index (χ1) is 7.13. The number of hydrogen-bond acceptors (Lipinski definition) is 2. The predicted molar refractivity (Wildman–Crippen MR) is 67.1 cm³/mol. The molecule has 1 saturated heterocycles. The highest BCUT2D eigenvalue weighted by Crippen LogP contribution is 2.16. The molecule has 2 heteroatoms. The van der Waals surface area contributed by atoms with Crippen molar-refractivity contribution >= 4 is 0 Å². The second-order valence-corrected chi connectivity index (χ2v) is 5.46. The van der Waals surface area contributed by atoms with E-state index < -0.39 is 0 Å². The Morgan fingerprint density at radius 1 is 1.40 bits per heavy atom. The summed E-state index contributed by atoms with van der Waals surface area (Å²) in [6, 6.07) is 0.676. The quantitative estimate of drug-likeness (QED) is 0.727. The first-order valence-corrected chi connectivity index (χ1v) is 6.59. The van der Waals surface area contributed by atoms with Crippen LogP contribution in [0.4, 0.5) is 0 Å². The third kappa shape index (κ3) is 4.52. The lowest BCUT2D eigenvalue weighted by atomic mass is 10.0. The number of hydrogen-bond donors (Lipinski definition) is 1. The van der Waals surface area contributed by atoms with Crippen molar-refractivity contribution in [1.29, 1.82) is 0 Å². The van der Waals surface area contributed by atoms with E-state index in [1.165, 1.54) is 32.5 Å². The molecule has 0 aromatic carbocycles. The van der Waals surface area contributed by atoms with Crippen LogP contribution in [0.1, 0.15) is 40.5 Å². The van der Waals surface area contributed by atoms with Crippen LogP contribution in [0.3, 0.4) is 0 Å². The van der Waals surface area contributed by atoms with Crippen LogP contribution in [0.2, 0.25) is 0 Å². The lowest BCUT2D eigenvalue weighted by Crippen LogP contribution is -2.43. The van der Waals surface area contributed by atoms with Crippen molar-refractivity contribution in [2.24, 2.45) is 11.8 Å². The van der Waals surface area contributed by atoms with E-state index in [-0.39, 0.29) is 0 Å². The topological polar surface area (TPSA) is 15.3 Å². The Balaban J connectivity index is 2.30. The van der Waals surface area contributed by atoms with Gasteiger partial charge in [0.15, 0.2) is 0 Å². The number of rotatable bonds is 6. The van der Waals surface area contributed by atoms with Crippen molar-refractivity contribution in [2.45, 2.75) is 46.6 Å². The Bertz CT molecular complexity index is 168. The molecule has 1 N–H and O–H groups in total. The maximum absolute atomic E-state index is 3.67. The Morgan fingerprint density at radius 3 is 2.60 bits per heavy atom. The molecule has 2 nitrogen and oxygen atoms in total. The highest BCUT2D eigenvalue weighted by atomic mass is 15.2. The number of nitrogens with zero attached hydrogens (tertiary/aromatic N) is 1. The van der Waals surface area contributed by atoms with Crippen LogP contribution in [0.15, 0.2) is 0 Å². The molecule has 0 saturated carbocycles. The highest BCUT2D eigenvalue weighted by molar-refractivity contribution is 4.79. The van der Waals surface area contributed by atoms with Crippen LogP contribution < -0.4 is 5.32 Å². The summed E-state index contributed by atoms with van der Waals surface area (Å²) >= 11 is 0. The van der Waals surface area contributed by atoms with Crippen LogP contribution in [-0.2, 0) is 0 Å². The molecule has 0 aliphatic carbocycles. The molecule has 2 unspecified atom stereocenters. The second kappa shape index (κ2) is 6.49. The van der Waals surface area contributed by atoms with E-state index in [0.717, 1.165) is 18.4 Å². The predicted octanol–water partition coefficient (Wildman–Crippen LogP) is 2.35. The van der Waals surface area contributed by atoms with Crippen molar-refractivity contribution in [3.63, 3.8) is 0 Å². The number of nitrogens with one attached hydrogen (secondary N) is 1. The summed E-state index contributed by atoms with van der Waals surface area (Å²) in [4.78, 5) is 2.62. The Kier molecular flexibility index (Phi) is 5.62. The minimum Gasteiger partial charge on any atom is -0.312 e. The summed E-state index contributed by atoms with van der Waals surface area (Å²) in [6.07, 6.45) is 2.62. The second-order valence-electron chi connectivity index (χ2n) is 5.46. The summed E-state index contributed by atoms with van der Waals surface area (Å²) in [7, 11) is 0. The Labute approximate surface area is 95.4 Å². The molecule has 0 amide bonds. The van der Waals surface area contributed by atoms with E-state index in [1.807, 2.05) is 0 Å². The Morgan fingerprint density at radius 2 is 2.13 bits per heavy atom. The van der Waals surface area contributed by atoms with Crippen molar-refractivity contribution < 1.29 is 0 Å². The lowest BCUT2D eigenvalue weighted by Gasteiger charge is -2.27. The van der Waals surface area contributed by atoms with E-state index >= 15 is 0 Å². The van der Waals surface area contributed by atoms with Gasteiger partial charge in [0.1, 0.15) is 0 Å². The van der Waals surface area contributed by atoms with Gasteiger partial charge in [0.2, 0.25) is 0 Å².